The van der Waals surface area contributed by atoms with E-state index in [2.05, 4.69) is 21.2 Å². The fourth-order valence-electron chi connectivity index (χ4n) is 1.25. The maximum absolute atomic E-state index is 12.9. The Hall–Kier alpha value is -0.650. The number of halogens is 2. The Bertz CT molecular complexity index is 336. The highest BCUT2D eigenvalue weighted by atomic mass is 79.9. The Kier molecular flexibility index (Phi) is 7.16. The lowest BCUT2D eigenvalue weighted by Crippen LogP contribution is -2.21. The monoisotopic (exact) mass is 305 g/mol. The van der Waals surface area contributed by atoms with Crippen LogP contribution in [0.15, 0.2) is 22.7 Å². The van der Waals surface area contributed by atoms with Crippen molar-refractivity contribution in [3.8, 4) is 5.75 Å². The van der Waals surface area contributed by atoms with Crippen molar-refractivity contribution in [3.05, 3.63) is 28.5 Å². The van der Waals surface area contributed by atoms with E-state index in [9.17, 15) is 4.39 Å². The van der Waals surface area contributed by atoms with Gasteiger partial charge in [-0.1, -0.05) is 0 Å². The molecule has 5 heteroatoms. The first-order chi connectivity index (χ1) is 8.24. The van der Waals surface area contributed by atoms with Crippen LogP contribution in [0.4, 0.5) is 4.39 Å². The van der Waals surface area contributed by atoms with Crippen molar-refractivity contribution in [1.29, 1.82) is 0 Å². The molecule has 0 heterocycles. The molecule has 0 saturated carbocycles. The van der Waals surface area contributed by atoms with Gasteiger partial charge in [0.15, 0.2) is 0 Å². The maximum Gasteiger partial charge on any atom is 0.137 e. The van der Waals surface area contributed by atoms with E-state index in [0.717, 1.165) is 19.5 Å². The summed E-state index contributed by atoms with van der Waals surface area (Å²) in [6, 6.07) is 4.64. The highest BCUT2D eigenvalue weighted by molar-refractivity contribution is 9.10. The summed E-state index contributed by atoms with van der Waals surface area (Å²) in [5.74, 6) is 0.397. The van der Waals surface area contributed by atoms with E-state index in [1.807, 2.05) is 0 Å². The molecular formula is C12H17BrFNO2. The van der Waals surface area contributed by atoms with Gasteiger partial charge in [0.05, 0.1) is 17.7 Å². The number of hydrogen-bond acceptors (Lipinski definition) is 3. The molecule has 1 N–H and O–H groups in total. The number of benzene rings is 1. The van der Waals surface area contributed by atoms with Gasteiger partial charge in [0.1, 0.15) is 11.6 Å². The first-order valence-corrected chi connectivity index (χ1v) is 6.31. The van der Waals surface area contributed by atoms with Crippen molar-refractivity contribution >= 4 is 15.9 Å². The fourth-order valence-corrected chi connectivity index (χ4v) is 1.61. The van der Waals surface area contributed by atoms with Gasteiger partial charge in [0.25, 0.3) is 0 Å². The van der Waals surface area contributed by atoms with Crippen LogP contribution in [0.5, 0.6) is 5.75 Å². The summed E-state index contributed by atoms with van der Waals surface area (Å²) in [6.45, 7) is 3.05. The molecule has 0 atom stereocenters. The van der Waals surface area contributed by atoms with Crippen molar-refractivity contribution in [1.82, 2.24) is 5.32 Å². The standard InChI is InChI=1S/C12H17BrFNO2/c1-16-8-6-15-5-2-7-17-10-3-4-12(14)11(13)9-10/h3-4,9,15H,2,5-8H2,1H3. The number of nitrogens with one attached hydrogen (secondary N) is 1. The predicted octanol–water partition coefficient (Wildman–Crippen LogP) is 2.59. The molecule has 0 aliphatic heterocycles. The van der Waals surface area contributed by atoms with Gasteiger partial charge >= 0.3 is 0 Å². The molecule has 3 nitrogen and oxygen atoms in total. The topological polar surface area (TPSA) is 30.5 Å². The lowest BCUT2D eigenvalue weighted by Gasteiger charge is -2.07. The first-order valence-electron chi connectivity index (χ1n) is 5.51. The van der Waals surface area contributed by atoms with Gasteiger partial charge in [-0.2, -0.15) is 0 Å². The zero-order valence-electron chi connectivity index (χ0n) is 9.84. The molecule has 0 aliphatic rings. The third-order valence-corrected chi connectivity index (χ3v) is 2.75. The lowest BCUT2D eigenvalue weighted by molar-refractivity contribution is 0.198. The molecule has 1 rings (SSSR count). The van der Waals surface area contributed by atoms with E-state index in [0.29, 0.717) is 23.4 Å². The van der Waals surface area contributed by atoms with Crippen LogP contribution in [0, 0.1) is 5.82 Å². The summed E-state index contributed by atoms with van der Waals surface area (Å²) in [5, 5.41) is 3.22. The quantitative estimate of drug-likeness (QED) is 0.749. The molecule has 0 fully saturated rings. The second-order valence-electron chi connectivity index (χ2n) is 3.52. The molecule has 0 radical (unpaired) electrons. The molecule has 0 bridgehead atoms. The van der Waals surface area contributed by atoms with E-state index in [1.165, 1.54) is 6.07 Å². The highest BCUT2D eigenvalue weighted by Crippen LogP contribution is 2.21. The van der Waals surface area contributed by atoms with Crippen molar-refractivity contribution in [3.63, 3.8) is 0 Å². The molecule has 17 heavy (non-hydrogen) atoms. The van der Waals surface area contributed by atoms with Crippen LogP contribution in [0.3, 0.4) is 0 Å². The molecule has 0 spiro atoms. The zero-order chi connectivity index (χ0) is 12.5. The van der Waals surface area contributed by atoms with Crippen molar-refractivity contribution in [2.45, 2.75) is 6.42 Å². The number of ether oxygens (including phenoxy) is 2. The maximum atomic E-state index is 12.9. The molecule has 0 saturated heterocycles. The van der Waals surface area contributed by atoms with Crippen molar-refractivity contribution in [2.24, 2.45) is 0 Å². The van der Waals surface area contributed by atoms with Crippen LogP contribution in [-0.2, 0) is 4.74 Å². The summed E-state index contributed by atoms with van der Waals surface area (Å²) in [7, 11) is 1.68. The van der Waals surface area contributed by atoms with E-state index in [-0.39, 0.29) is 5.82 Å². The molecule has 0 unspecified atom stereocenters. The van der Waals surface area contributed by atoms with Crippen LogP contribution in [0.1, 0.15) is 6.42 Å². The Balaban J connectivity index is 2.11. The number of methoxy groups -OCH3 is 1. The predicted molar refractivity (Wildman–Crippen MR) is 69.0 cm³/mol. The average Bonchev–Trinajstić information content (AvgIpc) is 2.32. The summed E-state index contributed by atoms with van der Waals surface area (Å²) in [4.78, 5) is 0. The second-order valence-corrected chi connectivity index (χ2v) is 4.38. The van der Waals surface area contributed by atoms with E-state index >= 15 is 0 Å². The van der Waals surface area contributed by atoms with Gasteiger partial charge in [-0.25, -0.2) is 4.39 Å². The largest absolute Gasteiger partial charge is 0.494 e. The Labute approximate surface area is 109 Å². The first kappa shape index (κ1) is 14.4. The normalized spacial score (nSPS) is 10.5. The van der Waals surface area contributed by atoms with Crippen LogP contribution < -0.4 is 10.1 Å². The van der Waals surface area contributed by atoms with E-state index in [1.54, 1.807) is 19.2 Å². The Morgan fingerprint density at radius 1 is 1.29 bits per heavy atom. The van der Waals surface area contributed by atoms with Crippen LogP contribution in [0.2, 0.25) is 0 Å². The third-order valence-electron chi connectivity index (χ3n) is 2.14. The molecule has 96 valence electrons. The van der Waals surface area contributed by atoms with Gasteiger partial charge < -0.3 is 14.8 Å². The van der Waals surface area contributed by atoms with Crippen molar-refractivity contribution < 1.29 is 13.9 Å². The van der Waals surface area contributed by atoms with Crippen LogP contribution in [0.25, 0.3) is 0 Å². The summed E-state index contributed by atoms with van der Waals surface area (Å²) >= 11 is 3.12. The van der Waals surface area contributed by atoms with Gasteiger partial charge in [0, 0.05) is 13.7 Å². The minimum Gasteiger partial charge on any atom is -0.494 e. The fraction of sp³-hybridized carbons (Fsp3) is 0.500. The Morgan fingerprint density at radius 2 is 2.12 bits per heavy atom. The van der Waals surface area contributed by atoms with E-state index < -0.39 is 0 Å². The SMILES string of the molecule is COCCNCCCOc1ccc(F)c(Br)c1. The Morgan fingerprint density at radius 3 is 2.82 bits per heavy atom. The van der Waals surface area contributed by atoms with Gasteiger partial charge in [-0.3, -0.25) is 0 Å². The second kappa shape index (κ2) is 8.44. The van der Waals surface area contributed by atoms with Gasteiger partial charge in [-0.15, -0.1) is 0 Å². The zero-order valence-corrected chi connectivity index (χ0v) is 11.4. The van der Waals surface area contributed by atoms with Crippen LogP contribution >= 0.6 is 15.9 Å². The van der Waals surface area contributed by atoms with Crippen LogP contribution in [-0.4, -0.2) is 33.4 Å². The molecule has 0 aliphatic carbocycles. The third kappa shape index (κ3) is 6.00. The smallest absolute Gasteiger partial charge is 0.137 e. The molecule has 0 amide bonds. The van der Waals surface area contributed by atoms with Gasteiger partial charge in [0.2, 0.25) is 0 Å². The number of rotatable bonds is 8. The average molecular weight is 306 g/mol. The minimum absolute atomic E-state index is 0.279. The molecule has 0 aromatic heterocycles. The minimum atomic E-state index is -0.279. The summed E-state index contributed by atoms with van der Waals surface area (Å²) in [5.41, 5.74) is 0. The molecule has 1 aromatic rings. The van der Waals surface area contributed by atoms with Crippen molar-refractivity contribution in [2.75, 3.05) is 33.4 Å². The van der Waals surface area contributed by atoms with Gasteiger partial charge in [-0.05, 0) is 47.1 Å². The summed E-state index contributed by atoms with van der Waals surface area (Å²) < 4.78 is 23.7. The number of hydrogen-bond donors (Lipinski definition) is 1. The van der Waals surface area contributed by atoms with E-state index in [4.69, 9.17) is 9.47 Å². The summed E-state index contributed by atoms with van der Waals surface area (Å²) in [6.07, 6.45) is 0.901. The highest BCUT2D eigenvalue weighted by Gasteiger charge is 2.00. The molecule has 1 aromatic carbocycles. The lowest BCUT2D eigenvalue weighted by atomic mass is 10.3. The molecular weight excluding hydrogens is 289 g/mol.